The highest BCUT2D eigenvalue weighted by atomic mass is 16.6. The van der Waals surface area contributed by atoms with Crippen LogP contribution in [-0.2, 0) is 27.2 Å². The maximum Gasteiger partial charge on any atom is 0.270 e. The number of aromatic nitrogens is 1. The Labute approximate surface area is 338 Å². The number of unbranched alkanes of at least 4 members (excludes halogenated alkanes) is 2. The quantitative estimate of drug-likeness (QED) is 0.0499. The monoisotopic (exact) mass is 789 g/mol. The molecular formula is C45H51N5O8. The first-order chi connectivity index (χ1) is 28.2. The minimum absolute atomic E-state index is 0.0306. The predicted molar refractivity (Wildman–Crippen MR) is 230 cm³/mol. The van der Waals surface area contributed by atoms with Crippen LogP contribution in [0.15, 0.2) is 97.1 Å². The highest BCUT2D eigenvalue weighted by Gasteiger charge is 2.26. The first kappa shape index (κ1) is 41.6. The maximum atomic E-state index is 11.9. The van der Waals surface area contributed by atoms with Crippen molar-refractivity contribution in [2.24, 2.45) is 0 Å². The average Bonchev–Trinajstić information content (AvgIpc) is 3.55. The standard InChI is InChI=1S/C42H43N5O7.C3H8O/c1-4-5-6-21-54-23-20-44-41-17-10-33(27-37(41)38-28-35(47(50)51)12-18-42(38)44)45(31-7-13-36(53-3)14-8-31)32-9-15-39-29(25-32)24-30-26-34(46(48)49)11-16-40(30)43(39)19-22-52-2;1-3-4-2/h7-18,25-28H,4-6,19-24H2,1-3H3;3H2,1-2H3. The van der Waals surface area contributed by atoms with E-state index < -0.39 is 0 Å². The summed E-state index contributed by atoms with van der Waals surface area (Å²) in [7, 11) is 4.97. The Morgan fingerprint density at radius 1 is 0.638 bits per heavy atom. The lowest BCUT2D eigenvalue weighted by molar-refractivity contribution is -0.385. The molecule has 304 valence electrons. The van der Waals surface area contributed by atoms with Gasteiger partial charge in [0.15, 0.2) is 0 Å². The van der Waals surface area contributed by atoms with E-state index in [9.17, 15) is 20.2 Å². The molecule has 0 saturated heterocycles. The summed E-state index contributed by atoms with van der Waals surface area (Å²) < 4.78 is 23.6. The Balaban J connectivity index is 0.00000135. The minimum Gasteiger partial charge on any atom is -0.497 e. The summed E-state index contributed by atoms with van der Waals surface area (Å²) in [5.41, 5.74) is 8.38. The molecule has 58 heavy (non-hydrogen) atoms. The molecule has 5 aromatic carbocycles. The molecule has 7 rings (SSSR count). The SMILES string of the molecule is CCCCCOCCn1c2ccc(N(c3ccc(OC)cc3)c3ccc4c(c3)Cc3cc([N+](=O)[O-])ccc3N4CCOC)cc2c2cc([N+](=O)[O-])ccc21.CCOC. The van der Waals surface area contributed by atoms with Gasteiger partial charge in [0.1, 0.15) is 5.75 Å². The number of non-ortho nitro benzene ring substituents is 2. The van der Waals surface area contributed by atoms with E-state index in [1.165, 1.54) is 0 Å². The number of nitrogens with zero attached hydrogens (tertiary/aromatic N) is 5. The van der Waals surface area contributed by atoms with Crippen molar-refractivity contribution in [3.63, 3.8) is 0 Å². The molecule has 0 spiro atoms. The van der Waals surface area contributed by atoms with Crippen molar-refractivity contribution in [2.75, 3.05) is 64.1 Å². The molecule has 0 saturated carbocycles. The number of methoxy groups -OCH3 is 3. The molecule has 13 nitrogen and oxygen atoms in total. The number of anilines is 5. The van der Waals surface area contributed by atoms with Gasteiger partial charge in [0.25, 0.3) is 11.4 Å². The number of hydrogen-bond donors (Lipinski definition) is 0. The van der Waals surface area contributed by atoms with Crippen molar-refractivity contribution in [3.05, 3.63) is 128 Å². The first-order valence-corrected chi connectivity index (χ1v) is 19.6. The van der Waals surface area contributed by atoms with Crippen molar-refractivity contribution in [3.8, 4) is 5.75 Å². The molecule has 0 aliphatic carbocycles. The second-order valence-corrected chi connectivity index (χ2v) is 13.9. The van der Waals surface area contributed by atoms with Crippen molar-refractivity contribution in [1.29, 1.82) is 0 Å². The number of fused-ring (bicyclic) bond motifs is 5. The topological polar surface area (TPSA) is 135 Å². The van der Waals surface area contributed by atoms with Crippen LogP contribution in [-0.4, -0.2) is 68.7 Å². The number of nitro groups is 2. The Morgan fingerprint density at radius 3 is 1.88 bits per heavy atom. The zero-order chi connectivity index (χ0) is 41.2. The van der Waals surface area contributed by atoms with Crippen molar-refractivity contribution < 1.29 is 28.8 Å². The van der Waals surface area contributed by atoms with Crippen molar-refractivity contribution in [2.45, 2.75) is 46.1 Å². The molecule has 0 radical (unpaired) electrons. The lowest BCUT2D eigenvalue weighted by Gasteiger charge is -2.34. The molecule has 13 heteroatoms. The molecule has 1 aliphatic rings. The fourth-order valence-electron chi connectivity index (χ4n) is 7.43. The second kappa shape index (κ2) is 19.4. The van der Waals surface area contributed by atoms with Gasteiger partial charge >= 0.3 is 0 Å². The van der Waals surface area contributed by atoms with E-state index in [2.05, 4.69) is 62.4 Å². The maximum absolute atomic E-state index is 11.9. The van der Waals surface area contributed by atoms with Crippen molar-refractivity contribution >= 4 is 61.6 Å². The molecule has 0 atom stereocenters. The molecule has 0 N–H and O–H groups in total. The van der Waals surface area contributed by atoms with E-state index in [1.807, 2.05) is 43.3 Å². The Bertz CT molecular complexity index is 2360. The van der Waals surface area contributed by atoms with E-state index in [-0.39, 0.29) is 21.2 Å². The van der Waals surface area contributed by atoms with Crippen molar-refractivity contribution in [1.82, 2.24) is 4.57 Å². The Hall–Kier alpha value is -6.02. The predicted octanol–water partition coefficient (Wildman–Crippen LogP) is 10.6. The van der Waals surface area contributed by atoms with Crippen LogP contribution in [0.5, 0.6) is 5.75 Å². The molecule has 2 heterocycles. The van der Waals surface area contributed by atoms with Gasteiger partial charge in [-0.3, -0.25) is 20.2 Å². The van der Waals surface area contributed by atoms with Crippen LogP contribution in [0.4, 0.5) is 39.8 Å². The van der Waals surface area contributed by atoms with Crippen LogP contribution >= 0.6 is 0 Å². The van der Waals surface area contributed by atoms with Gasteiger partial charge in [0.05, 0.1) is 30.2 Å². The molecule has 0 fully saturated rings. The van der Waals surface area contributed by atoms with E-state index >= 15 is 0 Å². The van der Waals surface area contributed by atoms with Gasteiger partial charge in [0, 0.05) is 121 Å². The largest absolute Gasteiger partial charge is 0.497 e. The molecule has 0 bridgehead atoms. The third-order valence-electron chi connectivity index (χ3n) is 10.3. The fourth-order valence-corrected chi connectivity index (χ4v) is 7.43. The zero-order valence-corrected chi connectivity index (χ0v) is 33.8. The second-order valence-electron chi connectivity index (χ2n) is 13.9. The highest BCUT2D eigenvalue weighted by Crippen LogP contribution is 2.45. The van der Waals surface area contributed by atoms with E-state index in [4.69, 9.17) is 14.2 Å². The zero-order valence-electron chi connectivity index (χ0n) is 33.8. The summed E-state index contributed by atoms with van der Waals surface area (Å²) in [6.07, 6.45) is 3.78. The Kier molecular flexibility index (Phi) is 13.9. The van der Waals surface area contributed by atoms with Gasteiger partial charge in [0.2, 0.25) is 0 Å². The number of rotatable bonds is 17. The lowest BCUT2D eigenvalue weighted by atomic mass is 9.94. The summed E-state index contributed by atoms with van der Waals surface area (Å²) in [4.78, 5) is 27.2. The summed E-state index contributed by atoms with van der Waals surface area (Å²) in [5, 5.41) is 25.3. The highest BCUT2D eigenvalue weighted by molar-refractivity contribution is 6.10. The summed E-state index contributed by atoms with van der Waals surface area (Å²) in [6, 6.07) is 30.4. The Morgan fingerprint density at radius 2 is 1.22 bits per heavy atom. The smallest absolute Gasteiger partial charge is 0.270 e. The van der Waals surface area contributed by atoms with E-state index in [0.29, 0.717) is 39.3 Å². The van der Waals surface area contributed by atoms with Gasteiger partial charge in [-0.15, -0.1) is 0 Å². The number of ether oxygens (including phenoxy) is 4. The summed E-state index contributed by atoms with van der Waals surface area (Å²) >= 11 is 0. The van der Waals surface area contributed by atoms with Crippen LogP contribution in [0.25, 0.3) is 21.8 Å². The van der Waals surface area contributed by atoms with Gasteiger partial charge in [-0.25, -0.2) is 0 Å². The van der Waals surface area contributed by atoms with Gasteiger partial charge in [-0.2, -0.15) is 0 Å². The molecule has 0 unspecified atom stereocenters. The molecule has 0 amide bonds. The van der Waals surface area contributed by atoms with E-state index in [1.54, 1.807) is 45.6 Å². The van der Waals surface area contributed by atoms with Gasteiger partial charge in [-0.05, 0) is 97.3 Å². The van der Waals surface area contributed by atoms with Crippen LogP contribution in [0.3, 0.4) is 0 Å². The van der Waals surface area contributed by atoms with Crippen LogP contribution in [0, 0.1) is 20.2 Å². The molecule has 1 aliphatic heterocycles. The lowest BCUT2D eigenvalue weighted by Crippen LogP contribution is -2.27. The number of benzene rings is 5. The average molecular weight is 790 g/mol. The molecule has 6 aromatic rings. The molecule has 1 aromatic heterocycles. The summed E-state index contributed by atoms with van der Waals surface area (Å²) in [5.74, 6) is 0.721. The molecular weight excluding hydrogens is 739 g/mol. The van der Waals surface area contributed by atoms with Crippen LogP contribution in [0.1, 0.15) is 44.2 Å². The number of hydrogen-bond acceptors (Lipinski definition) is 10. The summed E-state index contributed by atoms with van der Waals surface area (Å²) in [6.45, 7) is 7.83. The number of nitro benzene ring substituents is 2. The van der Waals surface area contributed by atoms with Crippen LogP contribution < -0.4 is 14.5 Å². The van der Waals surface area contributed by atoms with Crippen LogP contribution in [0.2, 0.25) is 0 Å². The minimum atomic E-state index is -0.362. The van der Waals surface area contributed by atoms with E-state index in [0.717, 1.165) is 93.0 Å². The third-order valence-corrected chi connectivity index (χ3v) is 10.3. The fraction of sp³-hybridized carbons (Fsp3) is 0.333. The van der Waals surface area contributed by atoms with Gasteiger partial charge in [-0.1, -0.05) is 19.8 Å². The third kappa shape index (κ3) is 9.07. The first-order valence-electron chi connectivity index (χ1n) is 19.6. The normalized spacial score (nSPS) is 11.8. The van der Waals surface area contributed by atoms with Gasteiger partial charge < -0.3 is 33.3 Å².